The summed E-state index contributed by atoms with van der Waals surface area (Å²) in [7, 11) is 0. The topological polar surface area (TPSA) is 78.4 Å². The van der Waals surface area contributed by atoms with Crippen molar-refractivity contribution in [2.45, 2.75) is 12.8 Å². The molecule has 19 heavy (non-hydrogen) atoms. The van der Waals surface area contributed by atoms with Crippen LogP contribution in [0.4, 0.5) is 10.1 Å². The van der Waals surface area contributed by atoms with E-state index in [0.717, 1.165) is 31.6 Å². The van der Waals surface area contributed by atoms with Crippen molar-refractivity contribution in [3.05, 3.63) is 29.6 Å². The number of nitrogens with one attached hydrogen (secondary N) is 2. The third-order valence-electron chi connectivity index (χ3n) is 3.12. The normalized spacial score (nSPS) is 18.3. The predicted octanol–water partition coefficient (Wildman–Crippen LogP) is 1.46. The molecule has 0 aliphatic carbocycles. The Balaban J connectivity index is 2.00. The van der Waals surface area contributed by atoms with E-state index in [1.54, 1.807) is 0 Å². The maximum absolute atomic E-state index is 13.2. The van der Waals surface area contributed by atoms with E-state index in [0.29, 0.717) is 18.0 Å². The highest BCUT2D eigenvalue weighted by atomic mass is 19.1. The predicted molar refractivity (Wildman–Crippen MR) is 67.6 cm³/mol. The average Bonchev–Trinajstić information content (AvgIpc) is 2.84. The first-order chi connectivity index (χ1) is 9.06. The fourth-order valence-corrected chi connectivity index (χ4v) is 2.13. The Labute approximate surface area is 109 Å². The zero-order valence-corrected chi connectivity index (χ0v) is 10.3. The van der Waals surface area contributed by atoms with Gasteiger partial charge in [-0.25, -0.2) is 9.18 Å². The fraction of sp³-hybridized carbons (Fsp3) is 0.385. The van der Waals surface area contributed by atoms with Crippen LogP contribution in [0.3, 0.4) is 0 Å². The van der Waals surface area contributed by atoms with Gasteiger partial charge in [0, 0.05) is 12.1 Å². The van der Waals surface area contributed by atoms with Crippen LogP contribution < -0.4 is 10.6 Å². The zero-order chi connectivity index (χ0) is 13.8. The third-order valence-corrected chi connectivity index (χ3v) is 3.12. The maximum atomic E-state index is 13.2. The number of carbonyl (C=O) groups is 2. The van der Waals surface area contributed by atoms with E-state index < -0.39 is 17.3 Å². The lowest BCUT2D eigenvalue weighted by Crippen LogP contribution is -2.18. The molecule has 0 saturated carbocycles. The van der Waals surface area contributed by atoms with Crippen LogP contribution in [0, 0.1) is 11.7 Å². The number of hydrogen-bond acceptors (Lipinski definition) is 3. The SMILES string of the molecule is O=C(CC1CCNC1)Nc1ccc(F)c(C(=O)O)c1. The Morgan fingerprint density at radius 3 is 2.89 bits per heavy atom. The molecule has 0 aromatic heterocycles. The average molecular weight is 266 g/mol. The van der Waals surface area contributed by atoms with Gasteiger partial charge in [-0.05, 0) is 43.6 Å². The largest absolute Gasteiger partial charge is 0.478 e. The number of carboxylic acids is 1. The molecule has 1 amide bonds. The van der Waals surface area contributed by atoms with Gasteiger partial charge in [0.05, 0.1) is 5.56 Å². The molecule has 1 aliphatic heterocycles. The van der Waals surface area contributed by atoms with Gasteiger partial charge in [0.15, 0.2) is 0 Å². The quantitative estimate of drug-likeness (QED) is 0.771. The number of halogens is 1. The molecule has 1 atom stereocenters. The Hall–Kier alpha value is -1.95. The lowest BCUT2D eigenvalue weighted by atomic mass is 10.0. The van der Waals surface area contributed by atoms with E-state index in [9.17, 15) is 14.0 Å². The summed E-state index contributed by atoms with van der Waals surface area (Å²) in [6.45, 7) is 1.73. The summed E-state index contributed by atoms with van der Waals surface area (Å²) in [5, 5.41) is 14.6. The van der Waals surface area contributed by atoms with E-state index in [4.69, 9.17) is 5.11 Å². The summed E-state index contributed by atoms with van der Waals surface area (Å²) in [4.78, 5) is 22.5. The van der Waals surface area contributed by atoms with E-state index in [1.165, 1.54) is 6.07 Å². The van der Waals surface area contributed by atoms with Crippen LogP contribution in [-0.4, -0.2) is 30.1 Å². The van der Waals surface area contributed by atoms with Crippen LogP contribution in [0.15, 0.2) is 18.2 Å². The molecular weight excluding hydrogens is 251 g/mol. The van der Waals surface area contributed by atoms with Crippen LogP contribution in [0.2, 0.25) is 0 Å². The highest BCUT2D eigenvalue weighted by Crippen LogP contribution is 2.17. The van der Waals surface area contributed by atoms with Crippen molar-refractivity contribution < 1.29 is 19.1 Å². The Morgan fingerprint density at radius 1 is 1.47 bits per heavy atom. The number of rotatable bonds is 4. The maximum Gasteiger partial charge on any atom is 0.338 e. The van der Waals surface area contributed by atoms with Gasteiger partial charge in [-0.2, -0.15) is 0 Å². The van der Waals surface area contributed by atoms with E-state index >= 15 is 0 Å². The summed E-state index contributed by atoms with van der Waals surface area (Å²) in [6, 6.07) is 3.52. The second-order valence-electron chi connectivity index (χ2n) is 4.61. The number of benzene rings is 1. The van der Waals surface area contributed by atoms with Gasteiger partial charge in [0.25, 0.3) is 0 Å². The van der Waals surface area contributed by atoms with Gasteiger partial charge in [0.1, 0.15) is 5.82 Å². The second-order valence-corrected chi connectivity index (χ2v) is 4.61. The monoisotopic (exact) mass is 266 g/mol. The van der Waals surface area contributed by atoms with Crippen molar-refractivity contribution in [1.29, 1.82) is 0 Å². The van der Waals surface area contributed by atoms with Gasteiger partial charge in [-0.3, -0.25) is 4.79 Å². The van der Waals surface area contributed by atoms with Gasteiger partial charge < -0.3 is 15.7 Å². The minimum Gasteiger partial charge on any atom is -0.478 e. The summed E-state index contributed by atoms with van der Waals surface area (Å²) in [5.74, 6) is -2.05. The van der Waals surface area contributed by atoms with E-state index in [1.807, 2.05) is 0 Å². The van der Waals surface area contributed by atoms with Crippen LogP contribution in [0.25, 0.3) is 0 Å². The molecule has 1 heterocycles. The van der Waals surface area contributed by atoms with Crippen molar-refractivity contribution in [3.8, 4) is 0 Å². The summed E-state index contributed by atoms with van der Waals surface area (Å²) >= 11 is 0. The molecule has 6 heteroatoms. The minimum absolute atomic E-state index is 0.184. The standard InChI is InChI=1S/C13H15FN2O3/c14-11-2-1-9(6-10(11)13(18)19)16-12(17)5-8-3-4-15-7-8/h1-2,6,8,15H,3-5,7H2,(H,16,17)(H,18,19). The van der Waals surface area contributed by atoms with Gasteiger partial charge >= 0.3 is 5.97 Å². The highest BCUT2D eigenvalue weighted by molar-refractivity contribution is 5.94. The lowest BCUT2D eigenvalue weighted by Gasteiger charge is -2.09. The molecule has 3 N–H and O–H groups in total. The van der Waals surface area contributed by atoms with Crippen molar-refractivity contribution in [3.63, 3.8) is 0 Å². The number of anilines is 1. The molecule has 2 rings (SSSR count). The first-order valence-electron chi connectivity index (χ1n) is 6.09. The Kier molecular flexibility index (Phi) is 4.11. The molecule has 1 aromatic carbocycles. The molecule has 1 aliphatic rings. The number of carbonyl (C=O) groups excluding carboxylic acids is 1. The molecule has 0 spiro atoms. The lowest BCUT2D eigenvalue weighted by molar-refractivity contribution is -0.116. The molecule has 0 radical (unpaired) electrons. The van der Waals surface area contributed by atoms with Crippen molar-refractivity contribution in [2.75, 3.05) is 18.4 Å². The Bertz CT molecular complexity index is 499. The molecule has 102 valence electrons. The van der Waals surface area contributed by atoms with Crippen LogP contribution >= 0.6 is 0 Å². The zero-order valence-electron chi connectivity index (χ0n) is 10.3. The third kappa shape index (κ3) is 3.51. The molecule has 1 saturated heterocycles. The number of aromatic carboxylic acids is 1. The second kappa shape index (κ2) is 5.79. The highest BCUT2D eigenvalue weighted by Gasteiger charge is 2.18. The Morgan fingerprint density at radius 2 is 2.26 bits per heavy atom. The first kappa shape index (κ1) is 13.5. The van der Waals surface area contributed by atoms with Crippen LogP contribution in [0.5, 0.6) is 0 Å². The molecule has 1 aromatic rings. The molecular formula is C13H15FN2O3. The fourth-order valence-electron chi connectivity index (χ4n) is 2.13. The van der Waals surface area contributed by atoms with Crippen molar-refractivity contribution >= 4 is 17.6 Å². The van der Waals surface area contributed by atoms with Gasteiger partial charge in [0.2, 0.25) is 5.91 Å². The van der Waals surface area contributed by atoms with Crippen molar-refractivity contribution in [2.24, 2.45) is 5.92 Å². The van der Waals surface area contributed by atoms with Crippen LogP contribution in [0.1, 0.15) is 23.2 Å². The molecule has 5 nitrogen and oxygen atoms in total. The van der Waals surface area contributed by atoms with E-state index in [2.05, 4.69) is 10.6 Å². The summed E-state index contributed by atoms with van der Waals surface area (Å²) < 4.78 is 13.2. The number of amides is 1. The van der Waals surface area contributed by atoms with Gasteiger partial charge in [-0.15, -0.1) is 0 Å². The minimum atomic E-state index is -1.35. The molecule has 1 unspecified atom stereocenters. The summed E-state index contributed by atoms with van der Waals surface area (Å²) in [5.41, 5.74) is -0.143. The van der Waals surface area contributed by atoms with Gasteiger partial charge in [-0.1, -0.05) is 0 Å². The van der Waals surface area contributed by atoms with E-state index in [-0.39, 0.29) is 5.91 Å². The molecule has 0 bridgehead atoms. The molecule has 1 fully saturated rings. The van der Waals surface area contributed by atoms with Crippen LogP contribution in [-0.2, 0) is 4.79 Å². The first-order valence-corrected chi connectivity index (χ1v) is 6.09. The smallest absolute Gasteiger partial charge is 0.338 e. The van der Waals surface area contributed by atoms with Crippen molar-refractivity contribution in [1.82, 2.24) is 5.32 Å². The number of carboxylic acid groups (broad SMARTS) is 1. The summed E-state index contributed by atoms with van der Waals surface area (Å²) in [6.07, 6.45) is 1.34. The number of hydrogen-bond donors (Lipinski definition) is 3.